The number of rotatable bonds is 4. The van der Waals surface area contributed by atoms with E-state index in [1.54, 1.807) is 0 Å². The summed E-state index contributed by atoms with van der Waals surface area (Å²) in [5.41, 5.74) is 0. The molecule has 0 spiro atoms. The molecular weight excluding hydrogens is 307 g/mol. The molecule has 17 heavy (non-hydrogen) atoms. The first-order chi connectivity index (χ1) is 8.10. The lowest BCUT2D eigenvalue weighted by Crippen LogP contribution is -2.12. The molecule has 5 nitrogen and oxygen atoms in total. The molecule has 2 rings (SSSR count). The number of tetrazole rings is 1. The van der Waals surface area contributed by atoms with E-state index in [-0.39, 0.29) is 18.2 Å². The van der Waals surface area contributed by atoms with Crippen molar-refractivity contribution in [1.82, 2.24) is 20.2 Å². The number of nitrogens with zero attached hydrogens (tertiary/aromatic N) is 4. The Morgan fingerprint density at radius 1 is 1.47 bits per heavy atom. The van der Waals surface area contributed by atoms with Crippen molar-refractivity contribution in [2.75, 3.05) is 0 Å². The van der Waals surface area contributed by atoms with Crippen molar-refractivity contribution in [2.45, 2.75) is 12.4 Å². The maximum atomic E-state index is 11.8. The zero-order valence-electron chi connectivity index (χ0n) is 8.23. The Morgan fingerprint density at radius 3 is 2.76 bits per heavy atom. The van der Waals surface area contributed by atoms with Gasteiger partial charge >= 0.3 is 0 Å². The summed E-state index contributed by atoms with van der Waals surface area (Å²) in [5.74, 6) is 0.356. The molecule has 0 aromatic carbocycles. The second-order valence-electron chi connectivity index (χ2n) is 3.03. The van der Waals surface area contributed by atoms with Gasteiger partial charge in [-0.15, -0.1) is 33.1 Å². The average Bonchev–Trinajstić information content (AvgIpc) is 2.87. The second kappa shape index (κ2) is 5.30. The topological polar surface area (TPSA) is 60.7 Å². The molecule has 0 radical (unpaired) electrons. The van der Waals surface area contributed by atoms with Gasteiger partial charge in [-0.3, -0.25) is 4.79 Å². The fourth-order valence-corrected chi connectivity index (χ4v) is 2.49. The summed E-state index contributed by atoms with van der Waals surface area (Å²) in [6.45, 7) is -0.0168. The van der Waals surface area contributed by atoms with Crippen LogP contribution in [0.2, 0.25) is 9.36 Å². The summed E-state index contributed by atoms with van der Waals surface area (Å²) >= 11 is 18.2. The minimum absolute atomic E-state index is 0.0168. The smallest absolute Gasteiger partial charge is 0.196 e. The van der Waals surface area contributed by atoms with Crippen LogP contribution in [0.1, 0.15) is 15.5 Å². The van der Waals surface area contributed by atoms with Crippen molar-refractivity contribution in [3.63, 3.8) is 0 Å². The van der Waals surface area contributed by atoms with Crippen LogP contribution in [-0.4, -0.2) is 26.0 Å². The lowest BCUT2D eigenvalue weighted by Gasteiger charge is -1.94. The van der Waals surface area contributed by atoms with Gasteiger partial charge in [-0.1, -0.05) is 23.2 Å². The van der Waals surface area contributed by atoms with Crippen LogP contribution < -0.4 is 0 Å². The average molecular weight is 312 g/mol. The highest BCUT2D eigenvalue weighted by molar-refractivity contribution is 7.18. The third kappa shape index (κ3) is 2.95. The van der Waals surface area contributed by atoms with Crippen LogP contribution >= 0.6 is 46.1 Å². The van der Waals surface area contributed by atoms with Crippen LogP contribution in [0.25, 0.3) is 0 Å². The van der Waals surface area contributed by atoms with Gasteiger partial charge in [0.25, 0.3) is 0 Å². The van der Waals surface area contributed by atoms with Gasteiger partial charge in [0, 0.05) is 0 Å². The molecule has 2 aromatic heterocycles. The number of carbonyl (C=O) groups excluding carboxylic acids is 1. The van der Waals surface area contributed by atoms with E-state index in [1.165, 1.54) is 10.9 Å². The highest BCUT2D eigenvalue weighted by Gasteiger charge is 2.14. The maximum absolute atomic E-state index is 11.8. The molecule has 9 heteroatoms. The number of halogens is 3. The summed E-state index contributed by atoms with van der Waals surface area (Å²) in [5, 5.41) is 11.6. The number of hydrogen-bond acceptors (Lipinski definition) is 5. The number of thiophene rings is 1. The third-order valence-electron chi connectivity index (χ3n) is 1.82. The minimum atomic E-state index is -0.178. The minimum Gasteiger partial charge on any atom is -0.291 e. The van der Waals surface area contributed by atoms with Crippen molar-refractivity contribution in [1.29, 1.82) is 0 Å². The van der Waals surface area contributed by atoms with Gasteiger partial charge in [0.15, 0.2) is 11.6 Å². The Bertz CT molecular complexity index is 533. The van der Waals surface area contributed by atoms with Crippen LogP contribution in [-0.2, 0) is 12.4 Å². The Hall–Kier alpha value is -0.690. The fraction of sp³-hybridized carbons (Fsp3) is 0.250. The molecule has 0 N–H and O–H groups in total. The van der Waals surface area contributed by atoms with Gasteiger partial charge in [0.05, 0.1) is 15.8 Å². The van der Waals surface area contributed by atoms with Crippen LogP contribution in [0.3, 0.4) is 0 Å². The van der Waals surface area contributed by atoms with Crippen LogP contribution in [0.15, 0.2) is 6.07 Å². The highest BCUT2D eigenvalue weighted by Crippen LogP contribution is 2.31. The third-order valence-corrected chi connectivity index (χ3v) is 3.96. The summed E-state index contributed by atoms with van der Waals surface area (Å²) in [6, 6.07) is 1.52. The zero-order valence-corrected chi connectivity index (χ0v) is 11.3. The number of hydrogen-bond donors (Lipinski definition) is 0. The molecule has 0 aliphatic heterocycles. The SMILES string of the molecule is O=C(Cn1nnc(CCl)n1)c1cc(Cl)c(Cl)s1. The van der Waals surface area contributed by atoms with Gasteiger partial charge in [-0.05, 0) is 11.3 Å². The molecule has 0 fully saturated rings. The predicted molar refractivity (Wildman–Crippen MR) is 66.0 cm³/mol. The molecule has 90 valence electrons. The van der Waals surface area contributed by atoms with Crippen molar-refractivity contribution in [3.8, 4) is 0 Å². The van der Waals surface area contributed by atoms with E-state index < -0.39 is 0 Å². The van der Waals surface area contributed by atoms with E-state index in [9.17, 15) is 4.79 Å². The van der Waals surface area contributed by atoms with Crippen molar-refractivity contribution < 1.29 is 4.79 Å². The molecule has 0 amide bonds. The van der Waals surface area contributed by atoms with Crippen molar-refractivity contribution in [2.24, 2.45) is 0 Å². The first-order valence-electron chi connectivity index (χ1n) is 4.41. The van der Waals surface area contributed by atoms with Gasteiger partial charge in [-0.2, -0.15) is 4.80 Å². The second-order valence-corrected chi connectivity index (χ2v) is 5.35. The van der Waals surface area contributed by atoms with E-state index >= 15 is 0 Å². The Morgan fingerprint density at radius 2 is 2.24 bits per heavy atom. The summed E-state index contributed by atoms with van der Waals surface area (Å²) in [6.07, 6.45) is 0. The molecule has 0 atom stereocenters. The highest BCUT2D eigenvalue weighted by atomic mass is 35.5. The van der Waals surface area contributed by atoms with E-state index in [4.69, 9.17) is 34.8 Å². The summed E-state index contributed by atoms with van der Waals surface area (Å²) in [7, 11) is 0. The van der Waals surface area contributed by atoms with E-state index in [0.29, 0.717) is 20.1 Å². The number of Topliss-reactive ketones (excluding diaryl/α,β-unsaturated/α-hetero) is 1. The monoisotopic (exact) mass is 310 g/mol. The van der Waals surface area contributed by atoms with Gasteiger partial charge < -0.3 is 0 Å². The van der Waals surface area contributed by atoms with E-state index in [1.807, 2.05) is 0 Å². The fourth-order valence-electron chi connectivity index (χ4n) is 1.09. The molecule has 0 aliphatic carbocycles. The maximum Gasteiger partial charge on any atom is 0.196 e. The van der Waals surface area contributed by atoms with Gasteiger partial charge in [-0.25, -0.2) is 0 Å². The van der Waals surface area contributed by atoms with E-state index in [0.717, 1.165) is 11.3 Å². The number of alkyl halides is 1. The van der Waals surface area contributed by atoms with E-state index in [2.05, 4.69) is 15.4 Å². The van der Waals surface area contributed by atoms with Crippen LogP contribution in [0.4, 0.5) is 0 Å². The molecule has 0 saturated heterocycles. The first-order valence-corrected chi connectivity index (χ1v) is 6.51. The zero-order chi connectivity index (χ0) is 12.4. The standard InChI is InChI=1S/C8H5Cl3N4OS/c9-2-7-12-14-15(13-7)3-5(16)6-1-4(10)8(11)17-6/h1H,2-3H2. The molecule has 2 heterocycles. The van der Waals surface area contributed by atoms with Gasteiger partial charge in [0.1, 0.15) is 10.9 Å². The Kier molecular flexibility index (Phi) is 3.98. The van der Waals surface area contributed by atoms with Gasteiger partial charge in [0.2, 0.25) is 0 Å². The molecular formula is C8H5Cl3N4OS. The van der Waals surface area contributed by atoms with Crippen molar-refractivity contribution in [3.05, 3.63) is 26.1 Å². The quantitative estimate of drug-likeness (QED) is 0.643. The first kappa shape index (κ1) is 12.8. The predicted octanol–water partition coefficient (Wildman–Crippen LogP) is 2.66. The summed E-state index contributed by atoms with van der Waals surface area (Å²) in [4.78, 5) is 13.5. The summed E-state index contributed by atoms with van der Waals surface area (Å²) < 4.78 is 0.392. The van der Waals surface area contributed by atoms with Crippen LogP contribution in [0, 0.1) is 0 Å². The molecule has 0 aliphatic rings. The number of ketones is 1. The number of aromatic nitrogens is 4. The largest absolute Gasteiger partial charge is 0.291 e. The lowest BCUT2D eigenvalue weighted by molar-refractivity contribution is 0.0965. The normalized spacial score (nSPS) is 10.8. The molecule has 0 saturated carbocycles. The molecule has 2 aromatic rings. The van der Waals surface area contributed by atoms with Crippen LogP contribution in [0.5, 0.6) is 0 Å². The molecule has 0 bridgehead atoms. The Labute approximate surface area is 115 Å². The molecule has 0 unspecified atom stereocenters. The number of carbonyl (C=O) groups is 1. The van der Waals surface area contributed by atoms with Crippen molar-refractivity contribution >= 4 is 51.9 Å². The lowest BCUT2D eigenvalue weighted by atomic mass is 10.3. The Balaban J connectivity index is 2.11.